The van der Waals surface area contributed by atoms with Gasteiger partial charge in [0.1, 0.15) is 0 Å². The molecule has 0 saturated carbocycles. The zero-order chi connectivity index (χ0) is 12.3. The number of benzene rings is 1. The van der Waals surface area contributed by atoms with Crippen molar-refractivity contribution in [2.24, 2.45) is 5.73 Å². The van der Waals surface area contributed by atoms with Gasteiger partial charge in [-0.3, -0.25) is 0 Å². The lowest BCUT2D eigenvalue weighted by molar-refractivity contribution is 0.960. The number of nitrogens with two attached hydrogens (primary N) is 1. The molecule has 0 aliphatic carbocycles. The molecule has 0 bridgehead atoms. The Kier molecular flexibility index (Phi) is 4.94. The Morgan fingerprint density at radius 1 is 1.29 bits per heavy atom. The summed E-state index contributed by atoms with van der Waals surface area (Å²) in [6, 6.07) is 12.0. The Morgan fingerprint density at radius 2 is 2.06 bits per heavy atom. The largest absolute Gasteiger partial charge is 0.329 e. The minimum absolute atomic E-state index is 0.256. The first-order valence-electron chi connectivity index (χ1n) is 5.07. The second kappa shape index (κ2) is 6.25. The maximum atomic E-state index is 6.15. The molecule has 2 rings (SSSR count). The van der Waals surface area contributed by atoms with Gasteiger partial charge in [-0.25, -0.2) is 0 Å². The zero-order valence-corrected chi connectivity index (χ0v) is 12.9. The summed E-state index contributed by atoms with van der Waals surface area (Å²) in [5.41, 5.74) is 5.84. The number of hydrogen-bond donors (Lipinski definition) is 1. The van der Waals surface area contributed by atoms with Crippen LogP contribution in [0.5, 0.6) is 0 Å². The van der Waals surface area contributed by atoms with E-state index in [-0.39, 0.29) is 5.25 Å². The van der Waals surface area contributed by atoms with Gasteiger partial charge in [0.2, 0.25) is 0 Å². The topological polar surface area (TPSA) is 26.0 Å². The molecule has 0 aliphatic rings. The summed E-state index contributed by atoms with van der Waals surface area (Å²) in [6.45, 7) is 0.600. The van der Waals surface area contributed by atoms with E-state index in [9.17, 15) is 0 Å². The van der Waals surface area contributed by atoms with Gasteiger partial charge in [0.05, 0.1) is 14.1 Å². The number of halogens is 2. The van der Waals surface area contributed by atoms with Crippen LogP contribution >= 0.6 is 50.6 Å². The van der Waals surface area contributed by atoms with Crippen molar-refractivity contribution in [2.45, 2.75) is 10.1 Å². The second-order valence-corrected chi connectivity index (χ2v) is 7.56. The number of thiophene rings is 1. The average Bonchev–Trinajstić information content (AvgIpc) is 2.75. The fourth-order valence-corrected chi connectivity index (χ4v) is 4.33. The van der Waals surface area contributed by atoms with Gasteiger partial charge >= 0.3 is 0 Å². The molecule has 1 unspecified atom stereocenters. The van der Waals surface area contributed by atoms with Crippen molar-refractivity contribution in [3.05, 3.63) is 50.1 Å². The molecule has 0 fully saturated rings. The van der Waals surface area contributed by atoms with Gasteiger partial charge in [0, 0.05) is 16.3 Å². The summed E-state index contributed by atoms with van der Waals surface area (Å²) in [6.07, 6.45) is 0. The summed E-state index contributed by atoms with van der Waals surface area (Å²) < 4.78 is 1.13. The molecular weight excluding hydrogens is 338 g/mol. The highest BCUT2D eigenvalue weighted by Gasteiger charge is 2.14. The maximum Gasteiger partial charge on any atom is 0.0701 e. The van der Waals surface area contributed by atoms with Crippen LogP contribution < -0.4 is 5.73 Å². The monoisotopic (exact) mass is 347 g/mol. The highest BCUT2D eigenvalue weighted by atomic mass is 79.9. The number of rotatable bonds is 4. The molecule has 17 heavy (non-hydrogen) atoms. The van der Waals surface area contributed by atoms with Crippen molar-refractivity contribution >= 4 is 50.6 Å². The molecule has 5 heteroatoms. The van der Waals surface area contributed by atoms with Crippen LogP contribution in [0.15, 0.2) is 45.1 Å². The van der Waals surface area contributed by atoms with Gasteiger partial charge in [0.25, 0.3) is 0 Å². The molecule has 0 aliphatic heterocycles. The molecule has 1 aromatic heterocycles. The molecule has 2 N–H and O–H groups in total. The molecule has 0 saturated heterocycles. The van der Waals surface area contributed by atoms with Crippen molar-refractivity contribution in [2.75, 3.05) is 6.54 Å². The quantitative estimate of drug-likeness (QED) is 0.791. The fraction of sp³-hybridized carbons (Fsp3) is 0.167. The van der Waals surface area contributed by atoms with E-state index in [4.69, 9.17) is 17.3 Å². The van der Waals surface area contributed by atoms with E-state index >= 15 is 0 Å². The van der Waals surface area contributed by atoms with Gasteiger partial charge in [-0.15, -0.1) is 23.1 Å². The van der Waals surface area contributed by atoms with E-state index in [0.29, 0.717) is 6.54 Å². The van der Waals surface area contributed by atoms with E-state index in [2.05, 4.69) is 28.1 Å². The predicted molar refractivity (Wildman–Crippen MR) is 81.1 cm³/mol. The van der Waals surface area contributed by atoms with Crippen molar-refractivity contribution in [1.29, 1.82) is 0 Å². The smallest absolute Gasteiger partial charge is 0.0701 e. The molecule has 1 aromatic carbocycles. The first kappa shape index (κ1) is 13.4. The maximum absolute atomic E-state index is 6.15. The van der Waals surface area contributed by atoms with E-state index < -0.39 is 0 Å². The normalized spacial score (nSPS) is 12.6. The summed E-state index contributed by atoms with van der Waals surface area (Å²) in [5.74, 6) is 0. The molecule has 90 valence electrons. The van der Waals surface area contributed by atoms with Crippen LogP contribution in [-0.2, 0) is 0 Å². The summed E-state index contributed by atoms with van der Waals surface area (Å²) in [4.78, 5) is 2.35. The summed E-state index contributed by atoms with van der Waals surface area (Å²) in [7, 11) is 0. The highest BCUT2D eigenvalue weighted by Crippen LogP contribution is 2.41. The molecule has 0 amide bonds. The lowest BCUT2D eigenvalue weighted by Gasteiger charge is -2.13. The predicted octanol–water partition coefficient (Wildman–Crippen LogP) is 4.96. The van der Waals surface area contributed by atoms with Crippen LogP contribution in [0.3, 0.4) is 0 Å². The second-order valence-electron chi connectivity index (χ2n) is 3.41. The Morgan fingerprint density at radius 3 is 2.65 bits per heavy atom. The van der Waals surface area contributed by atoms with Crippen LogP contribution in [-0.4, -0.2) is 6.54 Å². The van der Waals surface area contributed by atoms with Crippen LogP contribution in [0, 0.1) is 0 Å². The number of hydrogen-bond acceptors (Lipinski definition) is 3. The van der Waals surface area contributed by atoms with Crippen molar-refractivity contribution in [3.8, 4) is 0 Å². The van der Waals surface area contributed by atoms with Gasteiger partial charge in [0.15, 0.2) is 0 Å². The minimum Gasteiger partial charge on any atom is -0.329 e. The lowest BCUT2D eigenvalue weighted by Crippen LogP contribution is -2.07. The van der Waals surface area contributed by atoms with Crippen LogP contribution in [0.2, 0.25) is 5.02 Å². The average molecular weight is 349 g/mol. The van der Waals surface area contributed by atoms with Crippen molar-refractivity contribution < 1.29 is 0 Å². The third-order valence-electron chi connectivity index (χ3n) is 2.23. The molecule has 1 nitrogen and oxygen atoms in total. The fourth-order valence-electron chi connectivity index (χ4n) is 1.42. The molecule has 0 radical (unpaired) electrons. The highest BCUT2D eigenvalue weighted by molar-refractivity contribution is 9.11. The SMILES string of the molecule is NCC(Sc1ccccc1Cl)c1ccc(Br)s1. The van der Waals surface area contributed by atoms with E-state index in [0.717, 1.165) is 13.7 Å². The van der Waals surface area contributed by atoms with Crippen molar-refractivity contribution in [3.63, 3.8) is 0 Å². The standard InChI is InChI=1S/C12H11BrClNS2/c13-12-6-5-10(17-12)11(7-15)16-9-4-2-1-3-8(9)14/h1-6,11H,7,15H2. The van der Waals surface area contributed by atoms with Crippen molar-refractivity contribution in [1.82, 2.24) is 0 Å². The minimum atomic E-state index is 0.256. The summed E-state index contributed by atoms with van der Waals surface area (Å²) in [5, 5.41) is 1.04. The molecular formula is C12H11BrClNS2. The van der Waals surface area contributed by atoms with Gasteiger partial charge in [-0.05, 0) is 40.2 Å². The molecule has 2 aromatic rings. The third-order valence-corrected chi connectivity index (χ3v) is 5.90. The van der Waals surface area contributed by atoms with E-state index in [1.54, 1.807) is 23.1 Å². The molecule has 0 spiro atoms. The first-order chi connectivity index (χ1) is 8.20. The van der Waals surface area contributed by atoms with Crippen LogP contribution in [0.1, 0.15) is 10.1 Å². The van der Waals surface area contributed by atoms with E-state index in [1.165, 1.54) is 4.88 Å². The van der Waals surface area contributed by atoms with Crippen LogP contribution in [0.25, 0.3) is 0 Å². The Hall–Kier alpha value is -0.0000000000000000833. The Balaban J connectivity index is 2.18. The summed E-state index contributed by atoms with van der Waals surface area (Å²) >= 11 is 13.1. The van der Waals surface area contributed by atoms with Gasteiger partial charge in [-0.1, -0.05) is 23.7 Å². The van der Waals surface area contributed by atoms with Gasteiger partial charge < -0.3 is 5.73 Å². The lowest BCUT2D eigenvalue weighted by atomic mass is 10.3. The van der Waals surface area contributed by atoms with E-state index in [1.807, 2.05) is 24.3 Å². The van der Waals surface area contributed by atoms with Crippen LogP contribution in [0.4, 0.5) is 0 Å². The Bertz CT molecular complexity index is 501. The zero-order valence-electron chi connectivity index (χ0n) is 8.90. The third kappa shape index (κ3) is 3.48. The molecule has 1 atom stereocenters. The Labute approximate surface area is 122 Å². The molecule has 1 heterocycles. The first-order valence-corrected chi connectivity index (χ1v) is 7.94. The van der Waals surface area contributed by atoms with Gasteiger partial charge in [-0.2, -0.15) is 0 Å². The number of thioether (sulfide) groups is 1.